The summed E-state index contributed by atoms with van der Waals surface area (Å²) in [6, 6.07) is 9.35. The largest absolute Gasteiger partial charge is 0.465 e. The highest BCUT2D eigenvalue weighted by Crippen LogP contribution is 2.30. The molecule has 0 aliphatic rings. The van der Waals surface area contributed by atoms with Crippen molar-refractivity contribution in [2.45, 2.75) is 0 Å². The molecule has 0 atom stereocenters. The zero-order valence-electron chi connectivity index (χ0n) is 10.1. The number of carbonyl (C=O) groups excluding carboxylic acids is 1. The summed E-state index contributed by atoms with van der Waals surface area (Å²) >= 11 is 3.29. The van der Waals surface area contributed by atoms with E-state index >= 15 is 0 Å². The van der Waals surface area contributed by atoms with Gasteiger partial charge in [-0.15, -0.1) is 0 Å². The monoisotopic (exact) mass is 323 g/mol. The first-order valence-corrected chi connectivity index (χ1v) is 6.25. The molecule has 2 rings (SSSR count). The van der Waals surface area contributed by atoms with Crippen LogP contribution in [0.15, 0.2) is 40.9 Å². The second kappa shape index (κ2) is 5.40. The lowest BCUT2D eigenvalue weighted by atomic mass is 10.0. The first-order valence-electron chi connectivity index (χ1n) is 5.46. The molecule has 0 amide bonds. The minimum Gasteiger partial charge on any atom is -0.465 e. The fraction of sp³-hybridized carbons (Fsp3) is 0.0714. The van der Waals surface area contributed by atoms with Gasteiger partial charge in [0.25, 0.3) is 0 Å². The molecule has 0 saturated carbocycles. The van der Waals surface area contributed by atoms with Gasteiger partial charge >= 0.3 is 5.97 Å². The Kier molecular flexibility index (Phi) is 3.85. The average molecular weight is 324 g/mol. The molecule has 0 fully saturated rings. The smallest absolute Gasteiger partial charge is 0.337 e. The third-order valence-corrected chi connectivity index (χ3v) is 3.19. The molecule has 98 valence electrons. The minimum absolute atomic E-state index is 0.166. The van der Waals surface area contributed by atoms with Crippen LogP contribution in [0.1, 0.15) is 10.4 Å². The second-order valence-corrected chi connectivity index (χ2v) is 4.83. The normalized spacial score (nSPS) is 10.3. The zero-order chi connectivity index (χ0) is 14.0. The van der Waals surface area contributed by atoms with Crippen molar-refractivity contribution in [1.29, 1.82) is 0 Å². The van der Waals surface area contributed by atoms with Gasteiger partial charge in [-0.25, -0.2) is 9.18 Å². The summed E-state index contributed by atoms with van der Waals surface area (Å²) in [5.41, 5.74) is 7.41. The third kappa shape index (κ3) is 2.76. The number of methoxy groups -OCH3 is 1. The molecule has 0 radical (unpaired) electrons. The highest BCUT2D eigenvalue weighted by atomic mass is 79.9. The molecule has 2 aromatic rings. The lowest BCUT2D eigenvalue weighted by Gasteiger charge is -2.08. The molecular weight excluding hydrogens is 313 g/mol. The number of esters is 1. The SMILES string of the molecule is COC(=O)c1ccc(-c2ccc(Br)cc2N)c(F)c1. The Bertz CT molecular complexity index is 643. The van der Waals surface area contributed by atoms with Gasteiger partial charge in [0.1, 0.15) is 5.82 Å². The van der Waals surface area contributed by atoms with Crippen LogP contribution in [0.4, 0.5) is 10.1 Å². The van der Waals surface area contributed by atoms with Crippen LogP contribution in [0.3, 0.4) is 0 Å². The van der Waals surface area contributed by atoms with Crippen LogP contribution in [0.2, 0.25) is 0 Å². The van der Waals surface area contributed by atoms with E-state index in [0.29, 0.717) is 16.8 Å². The topological polar surface area (TPSA) is 52.3 Å². The number of nitrogen functional groups attached to an aromatic ring is 1. The number of ether oxygens (including phenoxy) is 1. The lowest BCUT2D eigenvalue weighted by Crippen LogP contribution is -2.02. The second-order valence-electron chi connectivity index (χ2n) is 3.92. The van der Waals surface area contributed by atoms with Crippen LogP contribution in [-0.4, -0.2) is 13.1 Å². The third-order valence-electron chi connectivity index (χ3n) is 2.69. The Hall–Kier alpha value is -1.88. The summed E-state index contributed by atoms with van der Waals surface area (Å²) in [5.74, 6) is -1.09. The van der Waals surface area contributed by atoms with Crippen LogP contribution >= 0.6 is 15.9 Å². The molecule has 0 saturated heterocycles. The van der Waals surface area contributed by atoms with E-state index in [1.54, 1.807) is 18.2 Å². The molecule has 5 heteroatoms. The number of halogens is 2. The molecule has 3 nitrogen and oxygen atoms in total. The van der Waals surface area contributed by atoms with Gasteiger partial charge in [-0.3, -0.25) is 0 Å². The summed E-state index contributed by atoms with van der Waals surface area (Å²) in [7, 11) is 1.25. The van der Waals surface area contributed by atoms with Gasteiger partial charge in [0, 0.05) is 21.3 Å². The van der Waals surface area contributed by atoms with Crippen molar-refractivity contribution in [1.82, 2.24) is 0 Å². The number of benzene rings is 2. The fourth-order valence-corrected chi connectivity index (χ4v) is 2.14. The molecule has 2 aromatic carbocycles. The van der Waals surface area contributed by atoms with E-state index in [2.05, 4.69) is 20.7 Å². The van der Waals surface area contributed by atoms with E-state index in [9.17, 15) is 9.18 Å². The summed E-state index contributed by atoms with van der Waals surface area (Å²) in [4.78, 5) is 11.3. The molecule has 0 heterocycles. The molecule has 0 aliphatic carbocycles. The van der Waals surface area contributed by atoms with Crippen molar-refractivity contribution < 1.29 is 13.9 Å². The van der Waals surface area contributed by atoms with Crippen molar-refractivity contribution in [2.24, 2.45) is 0 Å². The van der Waals surface area contributed by atoms with Gasteiger partial charge in [0.15, 0.2) is 0 Å². The number of anilines is 1. The van der Waals surface area contributed by atoms with E-state index < -0.39 is 11.8 Å². The summed E-state index contributed by atoms with van der Waals surface area (Å²) in [6.07, 6.45) is 0. The van der Waals surface area contributed by atoms with Crippen LogP contribution < -0.4 is 5.73 Å². The maximum Gasteiger partial charge on any atom is 0.337 e. The van der Waals surface area contributed by atoms with Gasteiger partial charge < -0.3 is 10.5 Å². The van der Waals surface area contributed by atoms with Crippen LogP contribution in [0.5, 0.6) is 0 Å². The maximum absolute atomic E-state index is 14.0. The van der Waals surface area contributed by atoms with E-state index in [1.165, 1.54) is 19.2 Å². The van der Waals surface area contributed by atoms with Crippen molar-refractivity contribution >= 4 is 27.6 Å². The average Bonchev–Trinajstić information content (AvgIpc) is 2.38. The molecular formula is C14H11BrFNO2. The Morgan fingerprint density at radius 3 is 2.47 bits per heavy atom. The Morgan fingerprint density at radius 1 is 1.21 bits per heavy atom. The summed E-state index contributed by atoms with van der Waals surface area (Å²) < 4.78 is 19.4. The Morgan fingerprint density at radius 2 is 1.89 bits per heavy atom. The quantitative estimate of drug-likeness (QED) is 0.678. The van der Waals surface area contributed by atoms with Crippen LogP contribution in [0, 0.1) is 5.82 Å². The van der Waals surface area contributed by atoms with Gasteiger partial charge in [0.05, 0.1) is 12.7 Å². The van der Waals surface area contributed by atoms with Gasteiger partial charge in [-0.2, -0.15) is 0 Å². The highest BCUT2D eigenvalue weighted by Gasteiger charge is 2.12. The summed E-state index contributed by atoms with van der Waals surface area (Å²) in [6.45, 7) is 0. The van der Waals surface area contributed by atoms with E-state index in [4.69, 9.17) is 5.73 Å². The summed E-state index contributed by atoms with van der Waals surface area (Å²) in [5, 5.41) is 0. The van der Waals surface area contributed by atoms with Crippen LogP contribution in [-0.2, 0) is 4.74 Å². The fourth-order valence-electron chi connectivity index (χ4n) is 1.76. The van der Waals surface area contributed by atoms with Crippen molar-refractivity contribution in [3.05, 3.63) is 52.3 Å². The molecule has 0 aromatic heterocycles. The van der Waals surface area contributed by atoms with E-state index in [1.807, 2.05) is 0 Å². The molecule has 0 aliphatic heterocycles. The Labute approximate surface area is 118 Å². The molecule has 2 N–H and O–H groups in total. The minimum atomic E-state index is -0.575. The van der Waals surface area contributed by atoms with Crippen LogP contribution in [0.25, 0.3) is 11.1 Å². The van der Waals surface area contributed by atoms with Crippen molar-refractivity contribution in [3.8, 4) is 11.1 Å². The number of nitrogens with two attached hydrogens (primary N) is 1. The molecule has 0 bridgehead atoms. The number of carbonyl (C=O) groups is 1. The van der Waals surface area contributed by atoms with Crippen molar-refractivity contribution in [2.75, 3.05) is 12.8 Å². The van der Waals surface area contributed by atoms with Crippen molar-refractivity contribution in [3.63, 3.8) is 0 Å². The standard InChI is InChI=1S/C14H11BrFNO2/c1-19-14(18)8-2-4-10(12(16)6-8)11-5-3-9(15)7-13(11)17/h2-7H,17H2,1H3. The first-order chi connectivity index (χ1) is 9.02. The van der Waals surface area contributed by atoms with Gasteiger partial charge in [-0.05, 0) is 24.3 Å². The van der Waals surface area contributed by atoms with E-state index in [-0.39, 0.29) is 5.56 Å². The maximum atomic E-state index is 14.0. The molecule has 19 heavy (non-hydrogen) atoms. The predicted molar refractivity (Wildman–Crippen MR) is 75.3 cm³/mol. The first kappa shape index (κ1) is 13.5. The number of rotatable bonds is 2. The van der Waals surface area contributed by atoms with E-state index in [0.717, 1.165) is 10.5 Å². The molecule has 0 spiro atoms. The van der Waals surface area contributed by atoms with Gasteiger partial charge in [0.2, 0.25) is 0 Å². The Balaban J connectivity index is 2.49. The number of hydrogen-bond donors (Lipinski definition) is 1. The zero-order valence-corrected chi connectivity index (χ0v) is 11.7. The predicted octanol–water partition coefficient (Wildman–Crippen LogP) is 3.62. The lowest BCUT2D eigenvalue weighted by molar-refractivity contribution is 0.0600. The molecule has 0 unspecified atom stereocenters. The van der Waals surface area contributed by atoms with Gasteiger partial charge in [-0.1, -0.05) is 28.1 Å². The highest BCUT2D eigenvalue weighted by molar-refractivity contribution is 9.10. The number of hydrogen-bond acceptors (Lipinski definition) is 3.